The van der Waals surface area contributed by atoms with E-state index in [4.69, 9.17) is 5.21 Å². The molecular weight excluding hydrogens is 268 g/mol. The number of aromatic nitrogens is 2. The lowest BCUT2D eigenvalue weighted by Crippen LogP contribution is -2.27. The van der Waals surface area contributed by atoms with Crippen LogP contribution in [0.15, 0.2) is 18.2 Å². The third kappa shape index (κ3) is 3.52. The second-order valence-electron chi connectivity index (χ2n) is 5.11. The van der Waals surface area contributed by atoms with Crippen molar-refractivity contribution in [2.75, 3.05) is 11.9 Å². The molecule has 0 saturated carbocycles. The van der Waals surface area contributed by atoms with Gasteiger partial charge in [-0.25, -0.2) is 10.5 Å². The van der Waals surface area contributed by atoms with Gasteiger partial charge in [-0.3, -0.25) is 14.4 Å². The third-order valence-electron chi connectivity index (χ3n) is 3.47. The molecule has 2 aromatic heterocycles. The number of amides is 1. The largest absolute Gasteiger partial charge is 0.360 e. The molecule has 0 aliphatic carbocycles. The van der Waals surface area contributed by atoms with Gasteiger partial charge in [0.2, 0.25) is 0 Å². The fourth-order valence-electron chi connectivity index (χ4n) is 2.40. The van der Waals surface area contributed by atoms with Gasteiger partial charge in [-0.2, -0.15) is 0 Å². The van der Waals surface area contributed by atoms with Gasteiger partial charge < -0.3 is 5.32 Å². The van der Waals surface area contributed by atoms with Gasteiger partial charge in [0.05, 0.1) is 12.2 Å². The molecular formula is C15H22N4O2. The molecule has 0 radical (unpaired) electrons. The summed E-state index contributed by atoms with van der Waals surface area (Å²) in [6.07, 6.45) is 4.25. The normalized spacial score (nSPS) is 10.8. The van der Waals surface area contributed by atoms with Crippen molar-refractivity contribution in [3.05, 3.63) is 29.6 Å². The van der Waals surface area contributed by atoms with E-state index < -0.39 is 5.91 Å². The van der Waals surface area contributed by atoms with Crippen molar-refractivity contribution >= 4 is 17.4 Å². The molecule has 2 rings (SSSR count). The molecule has 2 aromatic rings. The van der Waals surface area contributed by atoms with Crippen molar-refractivity contribution in [1.82, 2.24) is 14.9 Å². The molecule has 0 aromatic carbocycles. The molecule has 0 spiro atoms. The molecule has 0 unspecified atom stereocenters. The molecule has 0 bridgehead atoms. The van der Waals surface area contributed by atoms with Crippen molar-refractivity contribution in [3.63, 3.8) is 0 Å². The summed E-state index contributed by atoms with van der Waals surface area (Å²) in [5.74, 6) is 0.362. The van der Waals surface area contributed by atoms with E-state index in [1.807, 2.05) is 29.5 Å². The Kier molecular flexibility index (Phi) is 5.16. The molecule has 0 aliphatic heterocycles. The van der Waals surface area contributed by atoms with Crippen LogP contribution >= 0.6 is 0 Å². The zero-order valence-electron chi connectivity index (χ0n) is 12.5. The van der Waals surface area contributed by atoms with Crippen LogP contribution in [-0.2, 0) is 11.2 Å². The highest BCUT2D eigenvalue weighted by Gasteiger charge is 2.14. The van der Waals surface area contributed by atoms with Gasteiger partial charge >= 0.3 is 0 Å². The number of aryl methyl sites for hydroxylation is 2. The second-order valence-corrected chi connectivity index (χ2v) is 5.11. The number of nitrogens with one attached hydrogen (secondary N) is 2. The summed E-state index contributed by atoms with van der Waals surface area (Å²) >= 11 is 0. The summed E-state index contributed by atoms with van der Waals surface area (Å²) in [6.45, 7) is 4.18. The highest BCUT2D eigenvalue weighted by molar-refractivity contribution is 5.79. The van der Waals surface area contributed by atoms with Gasteiger partial charge in [-0.15, -0.1) is 0 Å². The molecule has 1 amide bonds. The number of carbonyl (C=O) groups excluding carboxylic acids is 1. The van der Waals surface area contributed by atoms with E-state index in [1.165, 1.54) is 0 Å². The number of anilines is 1. The molecule has 0 saturated heterocycles. The minimum atomic E-state index is -0.474. The zero-order valence-corrected chi connectivity index (χ0v) is 12.5. The summed E-state index contributed by atoms with van der Waals surface area (Å²) < 4.78 is 2.01. The van der Waals surface area contributed by atoms with Crippen molar-refractivity contribution < 1.29 is 10.0 Å². The highest BCUT2D eigenvalue weighted by atomic mass is 16.5. The standard InChI is InChI=1S/C15H22N4O2/c1-3-4-5-8-12-15(16-10-14(20)18-21)19-11(2)7-6-9-13(19)17-12/h6-7,9,16,21H,3-5,8,10H2,1-2H3,(H,18,20). The number of nitrogens with zero attached hydrogens (tertiary/aromatic N) is 2. The molecule has 114 valence electrons. The Balaban J connectivity index is 2.31. The van der Waals surface area contributed by atoms with E-state index in [0.717, 1.165) is 48.5 Å². The van der Waals surface area contributed by atoms with Crippen LogP contribution in [0.2, 0.25) is 0 Å². The average Bonchev–Trinajstić information content (AvgIpc) is 2.84. The molecule has 21 heavy (non-hydrogen) atoms. The highest BCUT2D eigenvalue weighted by Crippen LogP contribution is 2.22. The number of rotatable bonds is 7. The zero-order chi connectivity index (χ0) is 15.2. The average molecular weight is 290 g/mol. The van der Waals surface area contributed by atoms with Crippen molar-refractivity contribution in [1.29, 1.82) is 0 Å². The minimum absolute atomic E-state index is 0.0133. The van der Waals surface area contributed by atoms with Crippen LogP contribution in [0.1, 0.15) is 37.6 Å². The Labute approximate surface area is 124 Å². The van der Waals surface area contributed by atoms with E-state index in [1.54, 1.807) is 5.48 Å². The van der Waals surface area contributed by atoms with Gasteiger partial charge in [-0.05, 0) is 31.9 Å². The number of imidazole rings is 1. The third-order valence-corrected chi connectivity index (χ3v) is 3.47. The van der Waals surface area contributed by atoms with Gasteiger partial charge in [0.15, 0.2) is 0 Å². The summed E-state index contributed by atoms with van der Waals surface area (Å²) in [5, 5.41) is 11.7. The van der Waals surface area contributed by atoms with E-state index in [2.05, 4.69) is 17.2 Å². The van der Waals surface area contributed by atoms with Gasteiger partial charge in [0.25, 0.3) is 5.91 Å². The number of hydrogen-bond acceptors (Lipinski definition) is 4. The number of unbranched alkanes of at least 4 members (excludes halogenated alkanes) is 2. The lowest BCUT2D eigenvalue weighted by molar-refractivity contribution is -0.127. The molecule has 0 atom stereocenters. The number of hydrogen-bond donors (Lipinski definition) is 3. The van der Waals surface area contributed by atoms with E-state index >= 15 is 0 Å². The van der Waals surface area contributed by atoms with Gasteiger partial charge in [0, 0.05) is 5.69 Å². The fourth-order valence-corrected chi connectivity index (χ4v) is 2.40. The number of hydroxylamine groups is 1. The maximum absolute atomic E-state index is 11.2. The quantitative estimate of drug-likeness (QED) is 0.415. The number of pyridine rings is 1. The Hall–Kier alpha value is -2.08. The Morgan fingerprint density at radius 1 is 1.38 bits per heavy atom. The number of fused-ring (bicyclic) bond motifs is 1. The van der Waals surface area contributed by atoms with E-state index in [9.17, 15) is 4.79 Å². The van der Waals surface area contributed by atoms with Gasteiger partial charge in [0.1, 0.15) is 11.5 Å². The summed E-state index contributed by atoms with van der Waals surface area (Å²) in [6, 6.07) is 5.92. The van der Waals surface area contributed by atoms with Crippen LogP contribution in [-0.4, -0.2) is 27.0 Å². The maximum atomic E-state index is 11.2. The predicted octanol–water partition coefficient (Wildman–Crippen LogP) is 2.29. The van der Waals surface area contributed by atoms with Gasteiger partial charge in [-0.1, -0.05) is 25.8 Å². The Morgan fingerprint density at radius 2 is 2.19 bits per heavy atom. The summed E-state index contributed by atoms with van der Waals surface area (Å²) in [4.78, 5) is 15.9. The van der Waals surface area contributed by atoms with Crippen molar-refractivity contribution in [2.45, 2.75) is 39.5 Å². The topological polar surface area (TPSA) is 78.7 Å². The first-order valence-corrected chi connectivity index (χ1v) is 7.31. The van der Waals surface area contributed by atoms with Crippen LogP contribution in [0, 0.1) is 6.92 Å². The lowest BCUT2D eigenvalue weighted by atomic mass is 10.1. The summed E-state index contributed by atoms with van der Waals surface area (Å²) in [7, 11) is 0. The van der Waals surface area contributed by atoms with Crippen LogP contribution in [0.4, 0.5) is 5.82 Å². The first-order chi connectivity index (χ1) is 10.2. The minimum Gasteiger partial charge on any atom is -0.360 e. The lowest BCUT2D eigenvalue weighted by Gasteiger charge is -2.09. The first-order valence-electron chi connectivity index (χ1n) is 7.31. The summed E-state index contributed by atoms with van der Waals surface area (Å²) in [5.41, 5.74) is 4.51. The van der Waals surface area contributed by atoms with Crippen LogP contribution in [0.5, 0.6) is 0 Å². The number of carbonyl (C=O) groups is 1. The van der Waals surface area contributed by atoms with Crippen LogP contribution in [0.3, 0.4) is 0 Å². The van der Waals surface area contributed by atoms with Crippen molar-refractivity contribution in [3.8, 4) is 0 Å². The smallest absolute Gasteiger partial charge is 0.262 e. The maximum Gasteiger partial charge on any atom is 0.262 e. The van der Waals surface area contributed by atoms with E-state index in [0.29, 0.717) is 0 Å². The molecule has 6 heteroatoms. The van der Waals surface area contributed by atoms with Crippen LogP contribution in [0.25, 0.3) is 5.65 Å². The first kappa shape index (κ1) is 15.3. The fraction of sp³-hybridized carbons (Fsp3) is 0.467. The molecule has 0 aliphatic rings. The monoisotopic (exact) mass is 290 g/mol. The molecule has 2 heterocycles. The SMILES string of the molecule is CCCCCc1nc2cccc(C)n2c1NCC(=O)NO. The molecule has 6 nitrogen and oxygen atoms in total. The molecule has 3 N–H and O–H groups in total. The second kappa shape index (κ2) is 7.08. The predicted molar refractivity (Wildman–Crippen MR) is 81.6 cm³/mol. The Bertz CT molecular complexity index is 621. The van der Waals surface area contributed by atoms with E-state index in [-0.39, 0.29) is 6.54 Å². The molecule has 0 fully saturated rings. The van der Waals surface area contributed by atoms with Crippen LogP contribution < -0.4 is 10.8 Å². The van der Waals surface area contributed by atoms with Crippen molar-refractivity contribution in [2.24, 2.45) is 0 Å². The Morgan fingerprint density at radius 3 is 2.90 bits per heavy atom.